The molecular formula is C24H30N2O2S. The molecule has 0 atom stereocenters. The number of hydrogen-bond acceptors (Lipinski definition) is 4. The van der Waals surface area contributed by atoms with E-state index in [4.69, 9.17) is 0 Å². The first-order valence-corrected chi connectivity index (χ1v) is 11.5. The summed E-state index contributed by atoms with van der Waals surface area (Å²) in [6.07, 6.45) is 6.76. The van der Waals surface area contributed by atoms with Gasteiger partial charge in [-0.3, -0.25) is 14.5 Å². The first-order valence-electron chi connectivity index (χ1n) is 10.7. The standard InChI is InChI=1S/C24H30N2O2S/c1-3-5-6-7-8-12-17-26-23(27)21(20-16-13-18-29-20)22(24(26)28)25(4-2)19-14-10-9-11-15-19/h9-11,13-16,18H,3-8,12,17H2,1-2H3. The number of benzene rings is 1. The highest BCUT2D eigenvalue weighted by atomic mass is 32.1. The number of unbranched alkanes of at least 4 members (excludes halogenated alkanes) is 5. The van der Waals surface area contributed by atoms with Crippen LogP contribution in [-0.4, -0.2) is 29.8 Å². The molecule has 1 aliphatic rings. The molecule has 154 valence electrons. The highest BCUT2D eigenvalue weighted by Crippen LogP contribution is 2.36. The third kappa shape index (κ3) is 4.78. The monoisotopic (exact) mass is 410 g/mol. The van der Waals surface area contributed by atoms with Crippen molar-refractivity contribution < 1.29 is 9.59 Å². The minimum absolute atomic E-state index is 0.157. The van der Waals surface area contributed by atoms with Crippen molar-refractivity contribution in [3.8, 4) is 0 Å². The van der Waals surface area contributed by atoms with Gasteiger partial charge in [0.2, 0.25) is 0 Å². The summed E-state index contributed by atoms with van der Waals surface area (Å²) in [5, 5.41) is 1.95. The van der Waals surface area contributed by atoms with Crippen molar-refractivity contribution in [2.24, 2.45) is 0 Å². The summed E-state index contributed by atoms with van der Waals surface area (Å²) in [6.45, 7) is 5.33. The topological polar surface area (TPSA) is 40.6 Å². The Morgan fingerprint density at radius 1 is 0.862 bits per heavy atom. The fraction of sp³-hybridized carbons (Fsp3) is 0.417. The van der Waals surface area contributed by atoms with Crippen molar-refractivity contribution in [1.29, 1.82) is 0 Å². The van der Waals surface area contributed by atoms with Gasteiger partial charge in [-0.1, -0.05) is 63.3 Å². The Hall–Kier alpha value is -2.40. The Bertz CT molecular complexity index is 843. The molecule has 2 heterocycles. The zero-order valence-corrected chi connectivity index (χ0v) is 18.2. The van der Waals surface area contributed by atoms with E-state index in [0.29, 0.717) is 24.4 Å². The molecule has 29 heavy (non-hydrogen) atoms. The molecular weight excluding hydrogens is 380 g/mol. The molecule has 0 saturated heterocycles. The summed E-state index contributed by atoms with van der Waals surface area (Å²) in [4.78, 5) is 30.9. The van der Waals surface area contributed by atoms with Crippen molar-refractivity contribution in [2.45, 2.75) is 52.4 Å². The van der Waals surface area contributed by atoms with Gasteiger partial charge in [-0.2, -0.15) is 0 Å². The Labute approximate surface area is 177 Å². The predicted molar refractivity (Wildman–Crippen MR) is 121 cm³/mol. The average Bonchev–Trinajstić information content (AvgIpc) is 3.34. The molecule has 4 nitrogen and oxygen atoms in total. The summed E-state index contributed by atoms with van der Waals surface area (Å²) in [5.41, 5.74) is 1.99. The molecule has 0 bridgehead atoms. The maximum Gasteiger partial charge on any atom is 0.278 e. The Morgan fingerprint density at radius 3 is 2.24 bits per heavy atom. The molecule has 0 N–H and O–H groups in total. The third-order valence-electron chi connectivity index (χ3n) is 5.30. The molecule has 0 aliphatic carbocycles. The first kappa shape index (κ1) is 21.3. The highest BCUT2D eigenvalue weighted by molar-refractivity contribution is 7.11. The van der Waals surface area contributed by atoms with Crippen LogP contribution in [0, 0.1) is 0 Å². The fourth-order valence-electron chi connectivity index (χ4n) is 3.79. The van der Waals surface area contributed by atoms with Crippen molar-refractivity contribution in [2.75, 3.05) is 18.0 Å². The Kier molecular flexibility index (Phi) is 7.64. The zero-order valence-electron chi connectivity index (χ0n) is 17.4. The quantitative estimate of drug-likeness (QED) is 0.352. The van der Waals surface area contributed by atoms with E-state index in [2.05, 4.69) is 6.92 Å². The summed E-state index contributed by atoms with van der Waals surface area (Å²) in [6, 6.07) is 13.7. The molecule has 0 radical (unpaired) electrons. The van der Waals surface area contributed by atoms with Gasteiger partial charge in [0, 0.05) is 23.7 Å². The molecule has 0 spiro atoms. The Balaban J connectivity index is 1.84. The summed E-state index contributed by atoms with van der Waals surface area (Å²) in [5.74, 6) is -0.326. The van der Waals surface area contributed by atoms with Crippen LogP contribution < -0.4 is 4.90 Å². The Morgan fingerprint density at radius 2 is 1.59 bits per heavy atom. The molecule has 1 aliphatic heterocycles. The van der Waals surface area contributed by atoms with Crippen LogP contribution in [0.1, 0.15) is 57.2 Å². The van der Waals surface area contributed by atoms with Crippen LogP contribution >= 0.6 is 11.3 Å². The van der Waals surface area contributed by atoms with E-state index in [0.717, 1.165) is 29.8 Å². The van der Waals surface area contributed by atoms with Gasteiger partial charge in [-0.25, -0.2) is 0 Å². The van der Waals surface area contributed by atoms with Crippen LogP contribution in [0.5, 0.6) is 0 Å². The smallest absolute Gasteiger partial charge is 0.278 e. The molecule has 5 heteroatoms. The largest absolute Gasteiger partial charge is 0.337 e. The van der Waals surface area contributed by atoms with Gasteiger partial charge in [-0.15, -0.1) is 11.3 Å². The predicted octanol–water partition coefficient (Wildman–Crippen LogP) is 5.72. The lowest BCUT2D eigenvalue weighted by atomic mass is 10.1. The summed E-state index contributed by atoms with van der Waals surface area (Å²) < 4.78 is 0. The summed E-state index contributed by atoms with van der Waals surface area (Å²) >= 11 is 1.51. The number of hydrogen-bond donors (Lipinski definition) is 0. The van der Waals surface area contributed by atoms with E-state index < -0.39 is 0 Å². The van der Waals surface area contributed by atoms with Crippen LogP contribution in [0.15, 0.2) is 53.5 Å². The van der Waals surface area contributed by atoms with Crippen LogP contribution in [0.25, 0.3) is 5.57 Å². The summed E-state index contributed by atoms with van der Waals surface area (Å²) in [7, 11) is 0. The third-order valence-corrected chi connectivity index (χ3v) is 6.19. The second kappa shape index (κ2) is 10.4. The molecule has 3 rings (SSSR count). The average molecular weight is 411 g/mol. The molecule has 0 fully saturated rings. The minimum Gasteiger partial charge on any atom is -0.337 e. The lowest BCUT2D eigenvalue weighted by Crippen LogP contribution is -2.36. The van der Waals surface area contributed by atoms with Crippen molar-refractivity contribution in [1.82, 2.24) is 4.90 Å². The van der Waals surface area contributed by atoms with E-state index in [9.17, 15) is 9.59 Å². The lowest BCUT2D eigenvalue weighted by molar-refractivity contribution is -0.136. The first-order chi connectivity index (χ1) is 14.2. The number of carbonyl (C=O) groups is 2. The van der Waals surface area contributed by atoms with E-state index in [-0.39, 0.29) is 11.8 Å². The molecule has 2 aromatic rings. The van der Waals surface area contributed by atoms with E-state index in [1.165, 1.54) is 35.5 Å². The molecule has 0 unspecified atom stereocenters. The minimum atomic E-state index is -0.169. The number of amides is 2. The van der Waals surface area contributed by atoms with Gasteiger partial charge >= 0.3 is 0 Å². The molecule has 2 amide bonds. The van der Waals surface area contributed by atoms with Gasteiger partial charge < -0.3 is 4.90 Å². The van der Waals surface area contributed by atoms with Crippen LogP contribution in [0.4, 0.5) is 5.69 Å². The number of para-hydroxylation sites is 1. The second-order valence-corrected chi connectivity index (χ2v) is 8.26. The van der Waals surface area contributed by atoms with Crippen molar-refractivity contribution >= 4 is 34.4 Å². The molecule has 1 aromatic heterocycles. The number of nitrogens with zero attached hydrogens (tertiary/aromatic N) is 2. The van der Waals surface area contributed by atoms with Crippen molar-refractivity contribution in [3.05, 3.63) is 58.4 Å². The molecule has 0 saturated carbocycles. The maximum absolute atomic E-state index is 13.4. The second-order valence-electron chi connectivity index (χ2n) is 7.31. The number of rotatable bonds is 11. The number of thiophene rings is 1. The van der Waals surface area contributed by atoms with Crippen LogP contribution in [0.2, 0.25) is 0 Å². The van der Waals surface area contributed by atoms with Gasteiger partial charge in [0.25, 0.3) is 11.8 Å². The molecule has 1 aromatic carbocycles. The number of carbonyl (C=O) groups excluding carboxylic acids is 2. The van der Waals surface area contributed by atoms with Crippen molar-refractivity contribution in [3.63, 3.8) is 0 Å². The van der Waals surface area contributed by atoms with Gasteiger partial charge in [0.15, 0.2) is 0 Å². The van der Waals surface area contributed by atoms with Crippen LogP contribution in [-0.2, 0) is 9.59 Å². The van der Waals surface area contributed by atoms with E-state index in [1.54, 1.807) is 0 Å². The van der Waals surface area contributed by atoms with E-state index >= 15 is 0 Å². The van der Waals surface area contributed by atoms with E-state index in [1.807, 2.05) is 59.7 Å². The zero-order chi connectivity index (χ0) is 20.6. The van der Waals surface area contributed by atoms with Gasteiger partial charge in [0.05, 0.1) is 5.57 Å². The highest BCUT2D eigenvalue weighted by Gasteiger charge is 2.41. The van der Waals surface area contributed by atoms with Gasteiger partial charge in [0.1, 0.15) is 5.70 Å². The SMILES string of the molecule is CCCCCCCCN1C(=O)C(c2cccs2)=C(N(CC)c2ccccc2)C1=O. The number of anilines is 1. The maximum atomic E-state index is 13.4. The van der Waals surface area contributed by atoms with Gasteiger partial charge in [-0.05, 0) is 36.9 Å². The lowest BCUT2D eigenvalue weighted by Gasteiger charge is -2.24. The number of imide groups is 1. The number of likely N-dealkylation sites (N-methyl/N-ethyl adjacent to an activating group) is 1. The fourth-order valence-corrected chi connectivity index (χ4v) is 4.55. The van der Waals surface area contributed by atoms with Crippen LogP contribution in [0.3, 0.4) is 0 Å². The normalized spacial score (nSPS) is 14.2.